The third kappa shape index (κ3) is 2.20. The smallest absolute Gasteiger partial charge is 0.291 e. The van der Waals surface area contributed by atoms with Gasteiger partial charge in [-0.15, -0.1) is 0 Å². The molecular formula is C13H9FN2O4. The highest BCUT2D eigenvalue weighted by Crippen LogP contribution is 2.36. The Morgan fingerprint density at radius 2 is 2.25 bits per heavy atom. The average molecular weight is 276 g/mol. The average Bonchev–Trinajstić information content (AvgIpc) is 2.91. The lowest BCUT2D eigenvalue weighted by molar-refractivity contribution is -0.118. The molecule has 2 heterocycles. The zero-order chi connectivity index (χ0) is 14.1. The Morgan fingerprint density at radius 3 is 3.00 bits per heavy atom. The van der Waals surface area contributed by atoms with E-state index in [1.54, 1.807) is 6.07 Å². The molecule has 1 aromatic carbocycles. The third-order valence-electron chi connectivity index (χ3n) is 2.67. The van der Waals surface area contributed by atoms with Gasteiger partial charge in [0.15, 0.2) is 18.1 Å². The number of fused-ring (bicyclic) bond motifs is 1. The van der Waals surface area contributed by atoms with Crippen molar-refractivity contribution in [1.82, 2.24) is 0 Å². The highest BCUT2D eigenvalue weighted by molar-refractivity contribution is 6.05. The van der Waals surface area contributed by atoms with Crippen molar-refractivity contribution in [3.8, 4) is 5.75 Å². The summed E-state index contributed by atoms with van der Waals surface area (Å²) >= 11 is 0. The molecule has 0 atom stereocenters. The number of nitrogens with one attached hydrogen (secondary N) is 2. The summed E-state index contributed by atoms with van der Waals surface area (Å²) in [4.78, 5) is 23.1. The first-order valence-electron chi connectivity index (χ1n) is 5.74. The van der Waals surface area contributed by atoms with E-state index in [-0.39, 0.29) is 35.4 Å². The molecule has 0 spiro atoms. The Balaban J connectivity index is 1.93. The van der Waals surface area contributed by atoms with Crippen LogP contribution in [-0.4, -0.2) is 18.4 Å². The molecule has 0 saturated heterocycles. The van der Waals surface area contributed by atoms with Crippen LogP contribution in [0.5, 0.6) is 5.75 Å². The quantitative estimate of drug-likeness (QED) is 0.879. The zero-order valence-corrected chi connectivity index (χ0v) is 10.1. The van der Waals surface area contributed by atoms with Gasteiger partial charge in [-0.1, -0.05) is 0 Å². The minimum Gasteiger partial charge on any atom is -0.479 e. The minimum atomic E-state index is -0.607. The lowest BCUT2D eigenvalue weighted by Gasteiger charge is -2.20. The summed E-state index contributed by atoms with van der Waals surface area (Å²) in [6.07, 6.45) is 1.35. The van der Waals surface area contributed by atoms with Crippen molar-refractivity contribution in [1.29, 1.82) is 0 Å². The number of hydrogen-bond donors (Lipinski definition) is 2. The van der Waals surface area contributed by atoms with E-state index in [1.165, 1.54) is 12.3 Å². The zero-order valence-electron chi connectivity index (χ0n) is 10.1. The van der Waals surface area contributed by atoms with Gasteiger partial charge in [-0.05, 0) is 12.1 Å². The molecule has 0 radical (unpaired) electrons. The summed E-state index contributed by atoms with van der Waals surface area (Å²) in [7, 11) is 0. The van der Waals surface area contributed by atoms with Gasteiger partial charge in [-0.2, -0.15) is 0 Å². The van der Waals surface area contributed by atoms with Crippen molar-refractivity contribution in [2.45, 2.75) is 0 Å². The Bertz CT molecular complexity index is 682. The standard InChI is InChI=1S/C13H9FN2O4/c14-7-4-8-12(20-6-11(17)15-8)9(5-7)16-13(18)10-2-1-3-19-10/h1-5H,6H2,(H,15,17)(H,16,18). The van der Waals surface area contributed by atoms with E-state index in [2.05, 4.69) is 10.6 Å². The van der Waals surface area contributed by atoms with Gasteiger partial charge in [0.05, 0.1) is 17.6 Å². The van der Waals surface area contributed by atoms with Gasteiger partial charge in [0.25, 0.3) is 11.8 Å². The molecule has 2 amide bonds. The molecule has 1 aliphatic heterocycles. The summed E-state index contributed by atoms with van der Waals surface area (Å²) in [5.41, 5.74) is 0.303. The fraction of sp³-hybridized carbons (Fsp3) is 0.0769. The van der Waals surface area contributed by atoms with Crippen molar-refractivity contribution in [3.05, 3.63) is 42.1 Å². The summed E-state index contributed by atoms with van der Waals surface area (Å²) in [5.74, 6) is -1.23. The van der Waals surface area contributed by atoms with Crippen molar-refractivity contribution in [2.24, 2.45) is 0 Å². The van der Waals surface area contributed by atoms with Crippen LogP contribution in [0, 0.1) is 5.82 Å². The van der Waals surface area contributed by atoms with Gasteiger partial charge in [0.2, 0.25) is 0 Å². The fourth-order valence-electron chi connectivity index (χ4n) is 1.85. The molecule has 2 aromatic rings. The highest BCUT2D eigenvalue weighted by Gasteiger charge is 2.22. The number of rotatable bonds is 2. The number of halogens is 1. The van der Waals surface area contributed by atoms with E-state index in [4.69, 9.17) is 9.15 Å². The largest absolute Gasteiger partial charge is 0.479 e. The lowest BCUT2D eigenvalue weighted by Crippen LogP contribution is -2.26. The predicted octanol–water partition coefficient (Wildman–Crippen LogP) is 2.00. The topological polar surface area (TPSA) is 80.6 Å². The number of anilines is 2. The number of ether oxygens (including phenoxy) is 1. The molecule has 0 saturated carbocycles. The van der Waals surface area contributed by atoms with Crippen LogP contribution in [0.25, 0.3) is 0 Å². The van der Waals surface area contributed by atoms with Crippen LogP contribution in [0.15, 0.2) is 34.9 Å². The molecule has 2 N–H and O–H groups in total. The van der Waals surface area contributed by atoms with Crippen LogP contribution in [-0.2, 0) is 4.79 Å². The number of carbonyl (C=O) groups is 2. The number of furan rings is 1. The van der Waals surface area contributed by atoms with Gasteiger partial charge in [0, 0.05) is 12.1 Å². The second kappa shape index (κ2) is 4.69. The maximum atomic E-state index is 13.5. The molecule has 1 aliphatic rings. The van der Waals surface area contributed by atoms with Crippen LogP contribution in [0.4, 0.5) is 15.8 Å². The van der Waals surface area contributed by atoms with Crippen molar-refractivity contribution in [3.63, 3.8) is 0 Å². The Hall–Kier alpha value is -2.83. The Morgan fingerprint density at radius 1 is 1.40 bits per heavy atom. The second-order valence-electron chi connectivity index (χ2n) is 4.10. The van der Waals surface area contributed by atoms with Crippen molar-refractivity contribution < 1.29 is 23.1 Å². The molecule has 0 bridgehead atoms. The first-order chi connectivity index (χ1) is 9.63. The van der Waals surface area contributed by atoms with Crippen LogP contribution >= 0.6 is 0 Å². The van der Waals surface area contributed by atoms with Crippen LogP contribution in [0.3, 0.4) is 0 Å². The van der Waals surface area contributed by atoms with Crippen molar-refractivity contribution in [2.75, 3.05) is 17.2 Å². The molecule has 0 fully saturated rings. The third-order valence-corrected chi connectivity index (χ3v) is 2.67. The molecule has 3 rings (SSSR count). The normalized spacial score (nSPS) is 13.2. The molecule has 102 valence electrons. The van der Waals surface area contributed by atoms with E-state index in [1.807, 2.05) is 0 Å². The second-order valence-corrected chi connectivity index (χ2v) is 4.10. The van der Waals surface area contributed by atoms with Gasteiger partial charge >= 0.3 is 0 Å². The predicted molar refractivity (Wildman–Crippen MR) is 67.2 cm³/mol. The van der Waals surface area contributed by atoms with E-state index < -0.39 is 11.7 Å². The van der Waals surface area contributed by atoms with Crippen LogP contribution in [0.2, 0.25) is 0 Å². The van der Waals surface area contributed by atoms with E-state index in [9.17, 15) is 14.0 Å². The summed E-state index contributed by atoms with van der Waals surface area (Å²) < 4.78 is 23.7. The molecule has 1 aromatic heterocycles. The van der Waals surface area contributed by atoms with Gasteiger partial charge in [0.1, 0.15) is 5.82 Å². The lowest BCUT2D eigenvalue weighted by atomic mass is 10.2. The van der Waals surface area contributed by atoms with Crippen molar-refractivity contribution >= 4 is 23.2 Å². The maximum Gasteiger partial charge on any atom is 0.291 e. The molecule has 7 heteroatoms. The van der Waals surface area contributed by atoms with E-state index >= 15 is 0 Å². The van der Waals surface area contributed by atoms with E-state index in [0.717, 1.165) is 12.1 Å². The maximum absolute atomic E-state index is 13.5. The van der Waals surface area contributed by atoms with Gasteiger partial charge in [-0.3, -0.25) is 9.59 Å². The molecule has 0 unspecified atom stereocenters. The van der Waals surface area contributed by atoms with Gasteiger partial charge < -0.3 is 19.8 Å². The molecule has 20 heavy (non-hydrogen) atoms. The Labute approximate surface area is 112 Å². The first kappa shape index (κ1) is 12.2. The Kier molecular flexibility index (Phi) is 2.86. The number of carbonyl (C=O) groups excluding carboxylic acids is 2. The van der Waals surface area contributed by atoms with Gasteiger partial charge in [-0.25, -0.2) is 4.39 Å². The molecule has 0 aliphatic carbocycles. The fourth-order valence-corrected chi connectivity index (χ4v) is 1.85. The number of hydrogen-bond acceptors (Lipinski definition) is 4. The van der Waals surface area contributed by atoms with E-state index in [0.29, 0.717) is 0 Å². The number of benzene rings is 1. The molecule has 6 nitrogen and oxygen atoms in total. The monoisotopic (exact) mass is 276 g/mol. The minimum absolute atomic E-state index is 0.0860. The summed E-state index contributed by atoms with van der Waals surface area (Å²) in [5, 5.41) is 4.95. The van der Waals surface area contributed by atoms with Crippen LogP contribution < -0.4 is 15.4 Å². The number of amides is 2. The van der Waals surface area contributed by atoms with Crippen LogP contribution in [0.1, 0.15) is 10.6 Å². The summed E-state index contributed by atoms with van der Waals surface area (Å²) in [6, 6.07) is 5.27. The highest BCUT2D eigenvalue weighted by atomic mass is 19.1. The SMILES string of the molecule is O=C1COc2c(cc(F)cc2NC(=O)c2ccco2)N1. The molecular weight excluding hydrogens is 267 g/mol. The first-order valence-corrected chi connectivity index (χ1v) is 5.74. The summed E-state index contributed by atoms with van der Waals surface area (Å²) in [6.45, 7) is -0.192.